The molecule has 0 aromatic heterocycles. The van der Waals surface area contributed by atoms with E-state index in [9.17, 15) is 14.4 Å². The summed E-state index contributed by atoms with van der Waals surface area (Å²) in [5.74, 6) is -0.797. The van der Waals surface area contributed by atoms with Crippen LogP contribution in [0.4, 0.5) is 0 Å². The van der Waals surface area contributed by atoms with E-state index in [-0.39, 0.29) is 5.56 Å². The SMILES string of the molecule is COC(=O)c1ccc(C(=O)NNC(=O)c2ccc(OC)c(I)c2)cc1. The minimum Gasteiger partial charge on any atom is -0.496 e. The number of rotatable bonds is 4. The molecule has 0 aliphatic rings. The fourth-order valence-electron chi connectivity index (χ4n) is 1.94. The maximum absolute atomic E-state index is 12.1. The summed E-state index contributed by atoms with van der Waals surface area (Å²) in [5, 5.41) is 0. The van der Waals surface area contributed by atoms with Crippen LogP contribution in [0.5, 0.6) is 5.75 Å². The van der Waals surface area contributed by atoms with Crippen molar-refractivity contribution in [3.63, 3.8) is 0 Å². The summed E-state index contributed by atoms with van der Waals surface area (Å²) >= 11 is 2.05. The molecule has 0 bridgehead atoms. The van der Waals surface area contributed by atoms with E-state index in [0.717, 1.165) is 3.57 Å². The highest BCUT2D eigenvalue weighted by atomic mass is 127. The van der Waals surface area contributed by atoms with Crippen molar-refractivity contribution in [1.82, 2.24) is 10.9 Å². The summed E-state index contributed by atoms with van der Waals surface area (Å²) in [5.41, 5.74) is 5.66. The van der Waals surface area contributed by atoms with Gasteiger partial charge in [0, 0.05) is 11.1 Å². The first kappa shape index (κ1) is 18.7. The number of halogens is 1. The van der Waals surface area contributed by atoms with Crippen molar-refractivity contribution >= 4 is 40.4 Å². The summed E-state index contributed by atoms with van der Waals surface area (Å²) in [6.07, 6.45) is 0. The summed E-state index contributed by atoms with van der Waals surface area (Å²) in [7, 11) is 2.82. The largest absolute Gasteiger partial charge is 0.496 e. The number of hydrazine groups is 1. The van der Waals surface area contributed by atoms with E-state index >= 15 is 0 Å². The molecule has 0 heterocycles. The van der Waals surface area contributed by atoms with Crippen molar-refractivity contribution in [2.45, 2.75) is 0 Å². The average molecular weight is 454 g/mol. The van der Waals surface area contributed by atoms with E-state index < -0.39 is 17.8 Å². The molecule has 25 heavy (non-hydrogen) atoms. The molecule has 8 heteroatoms. The van der Waals surface area contributed by atoms with Gasteiger partial charge in [-0.05, 0) is 65.1 Å². The Bertz CT molecular complexity index is 805. The van der Waals surface area contributed by atoms with Crippen molar-refractivity contribution in [3.05, 3.63) is 62.7 Å². The zero-order valence-electron chi connectivity index (χ0n) is 13.5. The van der Waals surface area contributed by atoms with Crippen molar-refractivity contribution in [2.24, 2.45) is 0 Å². The molecule has 130 valence electrons. The van der Waals surface area contributed by atoms with Gasteiger partial charge in [0.2, 0.25) is 0 Å². The number of esters is 1. The Balaban J connectivity index is 1.98. The summed E-state index contributed by atoms with van der Waals surface area (Å²) in [6, 6.07) is 10.8. The molecule has 2 aromatic rings. The predicted octanol–water partition coefficient (Wildman–Crippen LogP) is 2.16. The van der Waals surface area contributed by atoms with Crippen LogP contribution >= 0.6 is 22.6 Å². The van der Waals surface area contributed by atoms with Gasteiger partial charge in [0.05, 0.1) is 23.4 Å². The fraction of sp³-hybridized carbons (Fsp3) is 0.118. The highest BCUT2D eigenvalue weighted by Gasteiger charge is 2.12. The number of benzene rings is 2. The lowest BCUT2D eigenvalue weighted by Gasteiger charge is -2.09. The molecule has 2 amide bonds. The zero-order chi connectivity index (χ0) is 18.4. The Labute approximate surface area is 157 Å². The molecule has 0 aliphatic heterocycles. The molecule has 2 rings (SSSR count). The van der Waals surface area contributed by atoms with E-state index in [1.54, 1.807) is 25.3 Å². The average Bonchev–Trinajstić information content (AvgIpc) is 2.65. The van der Waals surface area contributed by atoms with Crippen LogP contribution in [0.1, 0.15) is 31.1 Å². The topological polar surface area (TPSA) is 93.7 Å². The van der Waals surface area contributed by atoms with Crippen molar-refractivity contribution in [2.75, 3.05) is 14.2 Å². The minimum atomic E-state index is -0.507. The van der Waals surface area contributed by atoms with Crippen LogP contribution in [0, 0.1) is 3.57 Å². The Hall–Kier alpha value is -2.62. The molecule has 0 saturated carbocycles. The minimum absolute atomic E-state index is 0.289. The molecule has 2 aromatic carbocycles. The van der Waals surface area contributed by atoms with Crippen LogP contribution in [0.2, 0.25) is 0 Å². The molecule has 0 aliphatic carbocycles. The Morgan fingerprint density at radius 2 is 1.36 bits per heavy atom. The molecule has 0 fully saturated rings. The Kier molecular flexibility index (Phi) is 6.34. The van der Waals surface area contributed by atoms with Gasteiger partial charge in [-0.25, -0.2) is 4.79 Å². The van der Waals surface area contributed by atoms with Gasteiger partial charge in [0.25, 0.3) is 11.8 Å². The smallest absolute Gasteiger partial charge is 0.337 e. The normalized spacial score (nSPS) is 9.88. The van der Waals surface area contributed by atoms with Crippen molar-refractivity contribution in [1.29, 1.82) is 0 Å². The highest BCUT2D eigenvalue weighted by molar-refractivity contribution is 14.1. The molecule has 0 spiro atoms. The first-order chi connectivity index (χ1) is 12.0. The molecular formula is C17H15IN2O5. The standard InChI is InChI=1S/C17H15IN2O5/c1-24-14-8-7-12(9-13(14)18)16(22)20-19-15(21)10-3-5-11(6-4-10)17(23)25-2/h3-9H,1-2H3,(H,19,21)(H,20,22). The third-order valence-electron chi connectivity index (χ3n) is 3.27. The number of ether oxygens (including phenoxy) is 2. The number of nitrogens with one attached hydrogen (secondary N) is 2. The molecule has 2 N–H and O–H groups in total. The number of methoxy groups -OCH3 is 2. The lowest BCUT2D eigenvalue weighted by atomic mass is 10.1. The number of amides is 2. The van der Waals surface area contributed by atoms with Crippen molar-refractivity contribution < 1.29 is 23.9 Å². The van der Waals surface area contributed by atoms with E-state index in [0.29, 0.717) is 16.9 Å². The van der Waals surface area contributed by atoms with Crippen LogP contribution in [0.25, 0.3) is 0 Å². The van der Waals surface area contributed by atoms with E-state index in [1.165, 1.54) is 31.4 Å². The maximum Gasteiger partial charge on any atom is 0.337 e. The zero-order valence-corrected chi connectivity index (χ0v) is 15.6. The van der Waals surface area contributed by atoms with Gasteiger partial charge >= 0.3 is 5.97 Å². The third-order valence-corrected chi connectivity index (χ3v) is 4.11. The fourth-order valence-corrected chi connectivity index (χ4v) is 2.68. The second kappa shape index (κ2) is 8.47. The first-order valence-electron chi connectivity index (χ1n) is 7.09. The third kappa shape index (κ3) is 4.69. The second-order valence-electron chi connectivity index (χ2n) is 4.83. The monoisotopic (exact) mass is 454 g/mol. The van der Waals surface area contributed by atoms with Crippen LogP contribution in [0.15, 0.2) is 42.5 Å². The number of carbonyl (C=O) groups excluding carboxylic acids is 3. The second-order valence-corrected chi connectivity index (χ2v) is 5.99. The van der Waals surface area contributed by atoms with Crippen molar-refractivity contribution in [3.8, 4) is 5.75 Å². The van der Waals surface area contributed by atoms with Crippen LogP contribution in [-0.2, 0) is 4.74 Å². The highest BCUT2D eigenvalue weighted by Crippen LogP contribution is 2.21. The molecule has 7 nitrogen and oxygen atoms in total. The Morgan fingerprint density at radius 3 is 1.88 bits per heavy atom. The lowest BCUT2D eigenvalue weighted by Crippen LogP contribution is -2.41. The number of carbonyl (C=O) groups is 3. The number of hydrogen-bond donors (Lipinski definition) is 2. The number of hydrogen-bond acceptors (Lipinski definition) is 5. The first-order valence-corrected chi connectivity index (χ1v) is 8.16. The van der Waals surface area contributed by atoms with Gasteiger partial charge in [-0.15, -0.1) is 0 Å². The van der Waals surface area contributed by atoms with E-state index in [1.807, 2.05) is 0 Å². The maximum atomic E-state index is 12.1. The summed E-state index contributed by atoms with van der Waals surface area (Å²) < 4.78 is 10.5. The van der Waals surface area contributed by atoms with Gasteiger partial charge in [-0.3, -0.25) is 20.4 Å². The summed E-state index contributed by atoms with van der Waals surface area (Å²) in [6.45, 7) is 0. The van der Waals surface area contributed by atoms with E-state index in [4.69, 9.17) is 4.74 Å². The van der Waals surface area contributed by atoms with Gasteiger partial charge in [0.1, 0.15) is 5.75 Å². The van der Waals surface area contributed by atoms with Crippen LogP contribution in [0.3, 0.4) is 0 Å². The van der Waals surface area contributed by atoms with Crippen LogP contribution in [-0.4, -0.2) is 32.0 Å². The molecule has 0 atom stereocenters. The van der Waals surface area contributed by atoms with Gasteiger partial charge in [0.15, 0.2) is 0 Å². The molecule has 0 radical (unpaired) electrons. The summed E-state index contributed by atoms with van der Waals surface area (Å²) in [4.78, 5) is 35.5. The van der Waals surface area contributed by atoms with Gasteiger partial charge < -0.3 is 9.47 Å². The quantitative estimate of drug-likeness (QED) is 0.420. The molecule has 0 unspecified atom stereocenters. The van der Waals surface area contributed by atoms with Gasteiger partial charge in [-0.2, -0.15) is 0 Å². The molecular weight excluding hydrogens is 439 g/mol. The van der Waals surface area contributed by atoms with E-state index in [2.05, 4.69) is 38.2 Å². The molecule has 0 saturated heterocycles. The van der Waals surface area contributed by atoms with Crippen LogP contribution < -0.4 is 15.6 Å². The Morgan fingerprint density at radius 1 is 0.840 bits per heavy atom. The predicted molar refractivity (Wildman–Crippen MR) is 98.4 cm³/mol. The van der Waals surface area contributed by atoms with Gasteiger partial charge in [-0.1, -0.05) is 0 Å². The lowest BCUT2D eigenvalue weighted by molar-refractivity contribution is 0.0600.